The van der Waals surface area contributed by atoms with E-state index in [0.717, 1.165) is 13.1 Å². The van der Waals surface area contributed by atoms with Crippen molar-refractivity contribution in [1.82, 2.24) is 5.32 Å². The second kappa shape index (κ2) is 7.03. The molecule has 0 saturated heterocycles. The molecule has 2 unspecified atom stereocenters. The summed E-state index contributed by atoms with van der Waals surface area (Å²) in [5.74, 6) is 7.55. The highest BCUT2D eigenvalue weighted by atomic mass is 16.3. The molecule has 0 aromatic rings. The Morgan fingerprint density at radius 3 is 2.41 bits per heavy atom. The van der Waals surface area contributed by atoms with Gasteiger partial charge in [0.15, 0.2) is 0 Å². The van der Waals surface area contributed by atoms with Crippen LogP contribution in [0.3, 0.4) is 0 Å². The molecule has 0 bridgehead atoms. The van der Waals surface area contributed by atoms with Crippen molar-refractivity contribution in [2.75, 3.05) is 19.7 Å². The predicted molar refractivity (Wildman–Crippen MR) is 72.6 cm³/mol. The summed E-state index contributed by atoms with van der Waals surface area (Å²) in [6.45, 7) is 8.50. The van der Waals surface area contributed by atoms with Gasteiger partial charge in [-0.15, -0.1) is 0 Å². The molecule has 1 rings (SSSR count). The normalized spacial score (nSPS) is 25.2. The van der Waals surface area contributed by atoms with Crippen molar-refractivity contribution in [2.24, 2.45) is 17.3 Å². The molecule has 0 heterocycles. The van der Waals surface area contributed by atoms with Gasteiger partial charge in [0.25, 0.3) is 0 Å². The highest BCUT2D eigenvalue weighted by Gasteiger charge is 2.23. The first-order valence-electron chi connectivity index (χ1n) is 6.84. The van der Waals surface area contributed by atoms with E-state index in [1.165, 1.54) is 25.7 Å². The van der Waals surface area contributed by atoms with Crippen molar-refractivity contribution >= 4 is 0 Å². The van der Waals surface area contributed by atoms with Gasteiger partial charge in [0.05, 0.1) is 6.54 Å². The van der Waals surface area contributed by atoms with Gasteiger partial charge in [-0.2, -0.15) is 0 Å². The molecule has 0 aromatic carbocycles. The van der Waals surface area contributed by atoms with E-state index in [9.17, 15) is 5.11 Å². The Balaban J connectivity index is 2.22. The molecule has 0 aliphatic heterocycles. The van der Waals surface area contributed by atoms with Crippen molar-refractivity contribution in [3.8, 4) is 11.8 Å². The molecule has 2 atom stereocenters. The smallest absolute Gasteiger partial charge is 0.0576 e. The summed E-state index contributed by atoms with van der Waals surface area (Å²) in [6, 6.07) is 0. The molecule has 2 N–H and O–H groups in total. The fourth-order valence-corrected chi connectivity index (χ4v) is 2.42. The number of nitrogens with one attached hydrogen (secondary N) is 1. The van der Waals surface area contributed by atoms with Crippen LogP contribution in [0.4, 0.5) is 0 Å². The average Bonchev–Trinajstić information content (AvgIpc) is 2.27. The van der Waals surface area contributed by atoms with Crippen LogP contribution in [-0.4, -0.2) is 24.8 Å². The zero-order valence-corrected chi connectivity index (χ0v) is 11.6. The summed E-state index contributed by atoms with van der Waals surface area (Å²) in [5.41, 5.74) is 0.0974. The molecular formula is C15H27NO. The molecule has 1 aliphatic carbocycles. The monoisotopic (exact) mass is 237 g/mol. The van der Waals surface area contributed by atoms with Gasteiger partial charge in [0.2, 0.25) is 0 Å². The third kappa shape index (κ3) is 6.10. The Labute approximate surface area is 106 Å². The molecule has 0 radical (unpaired) electrons. The van der Waals surface area contributed by atoms with Gasteiger partial charge >= 0.3 is 0 Å². The van der Waals surface area contributed by atoms with Gasteiger partial charge in [-0.25, -0.2) is 0 Å². The van der Waals surface area contributed by atoms with Gasteiger partial charge in [-0.3, -0.25) is 0 Å². The van der Waals surface area contributed by atoms with E-state index in [1.807, 2.05) is 0 Å². The topological polar surface area (TPSA) is 32.3 Å². The molecule has 17 heavy (non-hydrogen) atoms. The summed E-state index contributed by atoms with van der Waals surface area (Å²) >= 11 is 0. The van der Waals surface area contributed by atoms with E-state index >= 15 is 0 Å². The van der Waals surface area contributed by atoms with Gasteiger partial charge < -0.3 is 10.4 Å². The van der Waals surface area contributed by atoms with E-state index in [0.29, 0.717) is 18.4 Å². The second-order valence-electron chi connectivity index (χ2n) is 6.17. The van der Waals surface area contributed by atoms with Crippen LogP contribution in [0.15, 0.2) is 0 Å². The average molecular weight is 237 g/mol. The summed E-state index contributed by atoms with van der Waals surface area (Å²) in [5, 5.41) is 12.7. The van der Waals surface area contributed by atoms with Crippen LogP contribution < -0.4 is 5.32 Å². The number of aliphatic hydroxyl groups is 1. The van der Waals surface area contributed by atoms with Gasteiger partial charge in [-0.05, 0) is 52.0 Å². The summed E-state index contributed by atoms with van der Waals surface area (Å²) in [7, 11) is 0. The van der Waals surface area contributed by atoms with Gasteiger partial charge in [0, 0.05) is 12.0 Å². The van der Waals surface area contributed by atoms with Crippen molar-refractivity contribution in [3.63, 3.8) is 0 Å². The minimum absolute atomic E-state index is 0.0974. The Morgan fingerprint density at radius 2 is 1.82 bits per heavy atom. The molecule has 0 amide bonds. The minimum atomic E-state index is 0.0974. The van der Waals surface area contributed by atoms with E-state index in [-0.39, 0.29) is 5.41 Å². The van der Waals surface area contributed by atoms with Crippen molar-refractivity contribution in [3.05, 3.63) is 0 Å². The molecule has 1 saturated carbocycles. The van der Waals surface area contributed by atoms with E-state index in [1.54, 1.807) is 0 Å². The molecular weight excluding hydrogens is 210 g/mol. The Morgan fingerprint density at radius 1 is 1.18 bits per heavy atom. The lowest BCUT2D eigenvalue weighted by atomic mass is 9.79. The first-order valence-corrected chi connectivity index (χ1v) is 6.84. The van der Waals surface area contributed by atoms with Crippen LogP contribution in [0, 0.1) is 29.1 Å². The molecule has 0 aromatic heterocycles. The highest BCUT2D eigenvalue weighted by molar-refractivity contribution is 5.08. The van der Waals surface area contributed by atoms with Gasteiger partial charge in [0.1, 0.15) is 0 Å². The lowest BCUT2D eigenvalue weighted by molar-refractivity contribution is 0.134. The number of aliphatic hydroxyl groups excluding tert-OH is 1. The second-order valence-corrected chi connectivity index (χ2v) is 6.17. The number of hydrogen-bond donors (Lipinski definition) is 2. The highest BCUT2D eigenvalue weighted by Crippen LogP contribution is 2.28. The van der Waals surface area contributed by atoms with Crippen LogP contribution in [-0.2, 0) is 0 Å². The van der Waals surface area contributed by atoms with Crippen LogP contribution in [0.5, 0.6) is 0 Å². The summed E-state index contributed by atoms with van der Waals surface area (Å²) < 4.78 is 0. The standard InChI is InChI=1S/C15H27NO/c1-15(2,3)9-6-10-16-11-13-7-4-5-8-14(13)12-17/h13-14,16-17H,4-5,7-8,10-12H2,1-3H3. The Bertz CT molecular complexity index is 269. The third-order valence-electron chi connectivity index (χ3n) is 3.38. The molecule has 1 fully saturated rings. The van der Waals surface area contributed by atoms with E-state index in [2.05, 4.69) is 37.9 Å². The Kier molecular flexibility index (Phi) is 6.02. The molecule has 2 nitrogen and oxygen atoms in total. The summed E-state index contributed by atoms with van der Waals surface area (Å²) in [6.07, 6.45) is 5.05. The molecule has 1 aliphatic rings. The van der Waals surface area contributed by atoms with Crippen LogP contribution in [0.1, 0.15) is 46.5 Å². The van der Waals surface area contributed by atoms with Crippen molar-refractivity contribution in [1.29, 1.82) is 0 Å². The fraction of sp³-hybridized carbons (Fsp3) is 0.867. The predicted octanol–water partition coefficient (Wildman–Crippen LogP) is 2.42. The molecule has 0 spiro atoms. The quantitative estimate of drug-likeness (QED) is 0.581. The largest absolute Gasteiger partial charge is 0.396 e. The zero-order valence-electron chi connectivity index (χ0n) is 11.6. The van der Waals surface area contributed by atoms with Crippen molar-refractivity contribution < 1.29 is 5.11 Å². The maximum atomic E-state index is 9.32. The third-order valence-corrected chi connectivity index (χ3v) is 3.38. The first kappa shape index (κ1) is 14.5. The molecule has 98 valence electrons. The molecule has 2 heteroatoms. The van der Waals surface area contributed by atoms with Crippen LogP contribution in [0.25, 0.3) is 0 Å². The summed E-state index contributed by atoms with van der Waals surface area (Å²) in [4.78, 5) is 0. The van der Waals surface area contributed by atoms with Crippen LogP contribution in [0.2, 0.25) is 0 Å². The lowest BCUT2D eigenvalue weighted by Crippen LogP contribution is -2.32. The minimum Gasteiger partial charge on any atom is -0.396 e. The van der Waals surface area contributed by atoms with E-state index in [4.69, 9.17) is 0 Å². The maximum Gasteiger partial charge on any atom is 0.0576 e. The lowest BCUT2D eigenvalue weighted by Gasteiger charge is -2.30. The SMILES string of the molecule is CC(C)(C)C#CCNCC1CCCCC1CO. The fourth-order valence-electron chi connectivity index (χ4n) is 2.42. The Hall–Kier alpha value is -0.520. The number of hydrogen-bond acceptors (Lipinski definition) is 2. The van der Waals surface area contributed by atoms with Gasteiger partial charge in [-0.1, -0.05) is 24.7 Å². The number of rotatable bonds is 4. The zero-order chi connectivity index (χ0) is 12.7. The van der Waals surface area contributed by atoms with Crippen LogP contribution >= 0.6 is 0 Å². The van der Waals surface area contributed by atoms with Crippen molar-refractivity contribution in [2.45, 2.75) is 46.5 Å². The van der Waals surface area contributed by atoms with E-state index < -0.39 is 0 Å². The first-order chi connectivity index (χ1) is 8.03. The maximum absolute atomic E-state index is 9.32.